The highest BCUT2D eigenvalue weighted by Crippen LogP contribution is 2.30. The molecule has 0 bridgehead atoms. The molecule has 0 saturated carbocycles. The molecule has 1 aromatic rings. The lowest BCUT2D eigenvalue weighted by atomic mass is 10.1. The zero-order valence-corrected chi connectivity index (χ0v) is 15.4. The van der Waals surface area contributed by atoms with Crippen LogP contribution in [-0.2, 0) is 6.54 Å². The first-order valence-electron chi connectivity index (χ1n) is 8.72. The molecule has 1 unspecified atom stereocenters. The van der Waals surface area contributed by atoms with Crippen LogP contribution in [0.3, 0.4) is 0 Å². The Labute approximate surface area is 145 Å². The quantitative estimate of drug-likeness (QED) is 0.778. The number of nitrogens with zero attached hydrogens (tertiary/aromatic N) is 3. The molecule has 136 valence electrons. The summed E-state index contributed by atoms with van der Waals surface area (Å²) < 4.78 is 10.9. The van der Waals surface area contributed by atoms with Gasteiger partial charge in [-0.3, -0.25) is 14.8 Å². The van der Waals surface area contributed by atoms with Gasteiger partial charge in [-0.1, -0.05) is 13.8 Å². The van der Waals surface area contributed by atoms with E-state index in [-0.39, 0.29) is 6.61 Å². The van der Waals surface area contributed by atoms with Crippen LogP contribution in [0.5, 0.6) is 11.5 Å². The van der Waals surface area contributed by atoms with Crippen LogP contribution in [0.2, 0.25) is 0 Å². The number of methoxy groups -OCH3 is 2. The van der Waals surface area contributed by atoms with Crippen molar-refractivity contribution in [2.45, 2.75) is 32.9 Å². The van der Waals surface area contributed by atoms with Crippen LogP contribution in [0.25, 0.3) is 0 Å². The van der Waals surface area contributed by atoms with E-state index in [1.807, 2.05) is 6.07 Å². The number of hydrogen-bond acceptors (Lipinski definition) is 6. The molecule has 0 amide bonds. The third kappa shape index (κ3) is 4.82. The summed E-state index contributed by atoms with van der Waals surface area (Å²) in [6, 6.07) is 2.21. The maximum absolute atomic E-state index is 9.40. The summed E-state index contributed by atoms with van der Waals surface area (Å²) in [5.74, 6) is 2.06. The van der Waals surface area contributed by atoms with Crippen molar-refractivity contribution in [1.82, 2.24) is 14.8 Å². The molecule has 0 aromatic carbocycles. The number of ether oxygens (including phenoxy) is 2. The summed E-state index contributed by atoms with van der Waals surface area (Å²) in [5.41, 5.74) is 0.900. The van der Waals surface area contributed by atoms with Gasteiger partial charge in [0.2, 0.25) is 0 Å². The minimum atomic E-state index is 0.230. The molecule has 2 rings (SSSR count). The molecule has 1 aliphatic heterocycles. The highest BCUT2D eigenvalue weighted by molar-refractivity contribution is 5.42. The number of aliphatic hydroxyl groups is 1. The molecule has 6 nitrogen and oxygen atoms in total. The molecule has 1 N–H and O–H groups in total. The normalized spacial score (nSPS) is 19.7. The van der Waals surface area contributed by atoms with Crippen LogP contribution in [-0.4, -0.2) is 72.9 Å². The van der Waals surface area contributed by atoms with Gasteiger partial charge in [0.15, 0.2) is 11.5 Å². The van der Waals surface area contributed by atoms with Crippen molar-refractivity contribution >= 4 is 0 Å². The van der Waals surface area contributed by atoms with E-state index in [0.717, 1.165) is 44.8 Å². The van der Waals surface area contributed by atoms with Crippen molar-refractivity contribution in [2.75, 3.05) is 47.0 Å². The Bertz CT molecular complexity index is 510. The second-order valence-corrected chi connectivity index (χ2v) is 6.78. The Hall–Kier alpha value is -1.37. The Kier molecular flexibility index (Phi) is 7.27. The first kappa shape index (κ1) is 19.0. The van der Waals surface area contributed by atoms with E-state index in [4.69, 9.17) is 9.47 Å². The van der Waals surface area contributed by atoms with Crippen molar-refractivity contribution in [3.63, 3.8) is 0 Å². The van der Waals surface area contributed by atoms with Gasteiger partial charge in [-0.05, 0) is 12.3 Å². The maximum Gasteiger partial charge on any atom is 0.183 e. The molecular weight excluding hydrogens is 306 g/mol. The molecule has 0 aliphatic carbocycles. The number of rotatable bonds is 8. The molecule has 0 radical (unpaired) electrons. The molecule has 1 saturated heterocycles. The average molecular weight is 337 g/mol. The van der Waals surface area contributed by atoms with E-state index in [1.165, 1.54) is 0 Å². The van der Waals surface area contributed by atoms with Crippen molar-refractivity contribution in [1.29, 1.82) is 0 Å². The molecular formula is C18H31N3O3. The van der Waals surface area contributed by atoms with Gasteiger partial charge in [0.1, 0.15) is 5.69 Å². The predicted molar refractivity (Wildman–Crippen MR) is 94.5 cm³/mol. The second kappa shape index (κ2) is 9.20. The summed E-state index contributed by atoms with van der Waals surface area (Å²) in [6.45, 7) is 9.49. The van der Waals surface area contributed by atoms with Crippen molar-refractivity contribution in [3.8, 4) is 11.5 Å². The van der Waals surface area contributed by atoms with Gasteiger partial charge in [-0.25, -0.2) is 0 Å². The SMILES string of the molecule is COc1ccnc(CN2CCN(CC(C)C)C(CCO)C2)c1OC. The van der Waals surface area contributed by atoms with Crippen LogP contribution in [0.4, 0.5) is 0 Å². The molecule has 1 atom stereocenters. The fourth-order valence-corrected chi connectivity index (χ4v) is 3.41. The third-order valence-corrected chi connectivity index (χ3v) is 4.49. The number of hydrogen-bond donors (Lipinski definition) is 1. The summed E-state index contributed by atoms with van der Waals surface area (Å²) in [5, 5.41) is 9.40. The smallest absolute Gasteiger partial charge is 0.183 e. The zero-order valence-electron chi connectivity index (χ0n) is 15.4. The first-order valence-corrected chi connectivity index (χ1v) is 8.72. The summed E-state index contributed by atoms with van der Waals surface area (Å²) in [4.78, 5) is 9.38. The molecule has 1 fully saturated rings. The standard InChI is InChI=1S/C18H31N3O3/c1-14(2)11-21-9-8-20(12-15(21)6-10-22)13-16-18(24-4)17(23-3)5-7-19-16/h5,7,14-15,22H,6,8-13H2,1-4H3. The molecule has 2 heterocycles. The van der Waals surface area contributed by atoms with Gasteiger partial charge >= 0.3 is 0 Å². The maximum atomic E-state index is 9.40. The highest BCUT2D eigenvalue weighted by Gasteiger charge is 2.28. The minimum absolute atomic E-state index is 0.230. The third-order valence-electron chi connectivity index (χ3n) is 4.49. The highest BCUT2D eigenvalue weighted by atomic mass is 16.5. The predicted octanol–water partition coefficient (Wildman–Crippen LogP) is 1.62. The minimum Gasteiger partial charge on any atom is -0.493 e. The van der Waals surface area contributed by atoms with E-state index >= 15 is 0 Å². The van der Waals surface area contributed by atoms with Crippen LogP contribution >= 0.6 is 0 Å². The summed E-state index contributed by atoms with van der Waals surface area (Å²) in [6.07, 6.45) is 2.57. The zero-order chi connectivity index (χ0) is 17.5. The Morgan fingerprint density at radius 3 is 2.71 bits per heavy atom. The van der Waals surface area contributed by atoms with E-state index in [2.05, 4.69) is 28.6 Å². The van der Waals surface area contributed by atoms with Gasteiger partial charge in [0.25, 0.3) is 0 Å². The van der Waals surface area contributed by atoms with Gasteiger partial charge in [0, 0.05) is 57.6 Å². The van der Waals surface area contributed by atoms with Crippen molar-refractivity contribution < 1.29 is 14.6 Å². The molecule has 1 aromatic heterocycles. The van der Waals surface area contributed by atoms with E-state index < -0.39 is 0 Å². The van der Waals surface area contributed by atoms with Crippen LogP contribution in [0.15, 0.2) is 12.3 Å². The first-order chi connectivity index (χ1) is 11.6. The topological polar surface area (TPSA) is 58.1 Å². The van der Waals surface area contributed by atoms with Gasteiger partial charge in [0.05, 0.1) is 14.2 Å². The fraction of sp³-hybridized carbons (Fsp3) is 0.722. The second-order valence-electron chi connectivity index (χ2n) is 6.78. The number of piperazine rings is 1. The van der Waals surface area contributed by atoms with Gasteiger partial charge < -0.3 is 14.6 Å². The van der Waals surface area contributed by atoms with Crippen molar-refractivity contribution in [3.05, 3.63) is 18.0 Å². The van der Waals surface area contributed by atoms with E-state index in [1.54, 1.807) is 20.4 Å². The number of aliphatic hydroxyl groups excluding tert-OH is 1. The Morgan fingerprint density at radius 2 is 2.08 bits per heavy atom. The Balaban J connectivity index is 2.06. The lowest BCUT2D eigenvalue weighted by Gasteiger charge is -2.42. The van der Waals surface area contributed by atoms with Gasteiger partial charge in [-0.15, -0.1) is 0 Å². The number of pyridine rings is 1. The molecule has 0 spiro atoms. The van der Waals surface area contributed by atoms with Crippen LogP contribution in [0, 0.1) is 5.92 Å². The largest absolute Gasteiger partial charge is 0.493 e. The van der Waals surface area contributed by atoms with Gasteiger partial charge in [-0.2, -0.15) is 0 Å². The fourth-order valence-electron chi connectivity index (χ4n) is 3.41. The molecule has 24 heavy (non-hydrogen) atoms. The average Bonchev–Trinajstić information content (AvgIpc) is 2.56. The van der Waals surface area contributed by atoms with Crippen LogP contribution < -0.4 is 9.47 Å². The lowest BCUT2D eigenvalue weighted by molar-refractivity contribution is 0.0467. The molecule has 1 aliphatic rings. The van der Waals surface area contributed by atoms with Crippen molar-refractivity contribution in [2.24, 2.45) is 5.92 Å². The lowest BCUT2D eigenvalue weighted by Crippen LogP contribution is -2.53. The van der Waals surface area contributed by atoms with Crippen LogP contribution in [0.1, 0.15) is 26.0 Å². The number of aromatic nitrogens is 1. The van der Waals surface area contributed by atoms with E-state index in [0.29, 0.717) is 23.5 Å². The Morgan fingerprint density at radius 1 is 1.29 bits per heavy atom. The summed E-state index contributed by atoms with van der Waals surface area (Å²) in [7, 11) is 3.29. The van der Waals surface area contributed by atoms with E-state index in [9.17, 15) is 5.11 Å². The molecule has 6 heteroatoms. The summed E-state index contributed by atoms with van der Waals surface area (Å²) >= 11 is 0. The monoisotopic (exact) mass is 337 g/mol.